The third-order valence-corrected chi connectivity index (χ3v) is 2.84. The van der Waals surface area contributed by atoms with Crippen LogP contribution in [-0.2, 0) is 9.53 Å². The Bertz CT molecular complexity index is 222. The molecule has 13 heavy (non-hydrogen) atoms. The van der Waals surface area contributed by atoms with Gasteiger partial charge in [0.2, 0.25) is 0 Å². The van der Waals surface area contributed by atoms with E-state index in [1.54, 1.807) is 0 Å². The van der Waals surface area contributed by atoms with Crippen molar-refractivity contribution in [3.8, 4) is 0 Å². The molecule has 1 aliphatic rings. The first kappa shape index (κ1) is 10.3. The number of allylic oxidation sites excluding steroid dienone is 2. The van der Waals surface area contributed by atoms with Gasteiger partial charge in [-0.2, -0.15) is 0 Å². The van der Waals surface area contributed by atoms with E-state index in [0.717, 1.165) is 0 Å². The van der Waals surface area contributed by atoms with Crippen molar-refractivity contribution >= 4 is 5.97 Å². The van der Waals surface area contributed by atoms with E-state index in [9.17, 15) is 4.79 Å². The molecule has 0 aromatic carbocycles. The molecule has 0 aromatic rings. The van der Waals surface area contributed by atoms with Gasteiger partial charge in [0, 0.05) is 6.61 Å². The van der Waals surface area contributed by atoms with Gasteiger partial charge in [0.1, 0.15) is 0 Å². The maximum Gasteiger partial charge on any atom is 0.312 e. The monoisotopic (exact) mass is 184 g/mol. The summed E-state index contributed by atoms with van der Waals surface area (Å²) in [4.78, 5) is 11.1. The highest BCUT2D eigenvalue weighted by atomic mass is 16.5. The number of carboxylic acids is 1. The molecule has 0 aromatic heterocycles. The van der Waals surface area contributed by atoms with Crippen LogP contribution in [0, 0.1) is 5.41 Å². The second-order valence-corrected chi connectivity index (χ2v) is 3.50. The van der Waals surface area contributed by atoms with Gasteiger partial charge in [-0.05, 0) is 26.7 Å². The van der Waals surface area contributed by atoms with Crippen LogP contribution in [0.4, 0.5) is 0 Å². The van der Waals surface area contributed by atoms with Crippen molar-refractivity contribution in [1.29, 1.82) is 0 Å². The Morgan fingerprint density at radius 1 is 1.77 bits per heavy atom. The molecule has 1 fully saturated rings. The van der Waals surface area contributed by atoms with E-state index < -0.39 is 11.4 Å². The van der Waals surface area contributed by atoms with Crippen molar-refractivity contribution in [1.82, 2.24) is 0 Å². The van der Waals surface area contributed by atoms with Crippen LogP contribution in [0.3, 0.4) is 0 Å². The van der Waals surface area contributed by atoms with Gasteiger partial charge in [0.15, 0.2) is 0 Å². The molecule has 0 spiro atoms. The first-order valence-corrected chi connectivity index (χ1v) is 4.59. The number of hydrogen-bond acceptors (Lipinski definition) is 2. The van der Waals surface area contributed by atoms with Crippen LogP contribution in [0.1, 0.15) is 26.7 Å². The van der Waals surface area contributed by atoms with Crippen molar-refractivity contribution in [2.75, 3.05) is 6.61 Å². The molecule has 1 rings (SSSR count). The zero-order valence-electron chi connectivity index (χ0n) is 8.12. The largest absolute Gasteiger partial charge is 0.481 e. The average molecular weight is 184 g/mol. The molecule has 1 N–H and O–H groups in total. The number of ether oxygens (including phenoxy) is 1. The van der Waals surface area contributed by atoms with Crippen molar-refractivity contribution in [3.05, 3.63) is 12.2 Å². The summed E-state index contributed by atoms with van der Waals surface area (Å²) in [6, 6.07) is 0. The normalized spacial score (nSPS) is 34.2. The molecule has 0 saturated carbocycles. The first-order valence-electron chi connectivity index (χ1n) is 4.59. The van der Waals surface area contributed by atoms with Gasteiger partial charge in [0.25, 0.3) is 0 Å². The quantitative estimate of drug-likeness (QED) is 0.681. The van der Waals surface area contributed by atoms with E-state index in [-0.39, 0.29) is 6.10 Å². The molecule has 74 valence electrons. The van der Waals surface area contributed by atoms with Gasteiger partial charge in [-0.3, -0.25) is 4.79 Å². The summed E-state index contributed by atoms with van der Waals surface area (Å²) in [7, 11) is 0. The fourth-order valence-electron chi connectivity index (χ4n) is 1.74. The van der Waals surface area contributed by atoms with Crippen molar-refractivity contribution in [2.45, 2.75) is 32.8 Å². The van der Waals surface area contributed by atoms with Crippen LogP contribution in [0.5, 0.6) is 0 Å². The Hall–Kier alpha value is -0.830. The Kier molecular flexibility index (Phi) is 3.09. The fraction of sp³-hybridized carbons (Fsp3) is 0.700. The molecule has 1 aliphatic heterocycles. The number of carboxylic acid groups (broad SMARTS) is 1. The molecule has 0 aliphatic carbocycles. The molecular weight excluding hydrogens is 168 g/mol. The summed E-state index contributed by atoms with van der Waals surface area (Å²) in [6.45, 7) is 4.30. The van der Waals surface area contributed by atoms with Crippen LogP contribution in [0.15, 0.2) is 12.2 Å². The van der Waals surface area contributed by atoms with Crippen LogP contribution in [-0.4, -0.2) is 23.8 Å². The Balaban J connectivity index is 2.80. The molecule has 2 atom stereocenters. The minimum absolute atomic E-state index is 0.179. The SMILES string of the molecule is C/C=C/CC1(C(=O)O)CCOC1C. The number of carbonyl (C=O) groups is 1. The highest BCUT2D eigenvalue weighted by Crippen LogP contribution is 2.38. The molecule has 1 heterocycles. The third-order valence-electron chi connectivity index (χ3n) is 2.84. The summed E-state index contributed by atoms with van der Waals surface area (Å²) >= 11 is 0. The zero-order valence-corrected chi connectivity index (χ0v) is 8.12. The number of hydrogen-bond donors (Lipinski definition) is 1. The van der Waals surface area contributed by atoms with E-state index in [1.807, 2.05) is 26.0 Å². The van der Waals surface area contributed by atoms with E-state index in [0.29, 0.717) is 19.4 Å². The van der Waals surface area contributed by atoms with Crippen molar-refractivity contribution in [2.24, 2.45) is 5.41 Å². The van der Waals surface area contributed by atoms with E-state index in [4.69, 9.17) is 9.84 Å². The van der Waals surface area contributed by atoms with Crippen molar-refractivity contribution < 1.29 is 14.6 Å². The zero-order chi connectivity index (χ0) is 9.90. The average Bonchev–Trinajstić information content (AvgIpc) is 2.45. The first-order chi connectivity index (χ1) is 6.13. The predicted molar refractivity (Wildman–Crippen MR) is 49.5 cm³/mol. The lowest BCUT2D eigenvalue weighted by atomic mass is 9.78. The van der Waals surface area contributed by atoms with Gasteiger partial charge in [0.05, 0.1) is 11.5 Å². The topological polar surface area (TPSA) is 46.5 Å². The van der Waals surface area contributed by atoms with Gasteiger partial charge >= 0.3 is 5.97 Å². The molecule has 0 radical (unpaired) electrons. The Labute approximate surface area is 78.4 Å². The summed E-state index contributed by atoms with van der Waals surface area (Å²) in [5.74, 6) is -0.740. The van der Waals surface area contributed by atoms with Gasteiger partial charge in [-0.15, -0.1) is 0 Å². The molecule has 2 unspecified atom stereocenters. The lowest BCUT2D eigenvalue weighted by Crippen LogP contribution is -2.36. The molecule has 3 heteroatoms. The van der Waals surface area contributed by atoms with Crippen LogP contribution in [0.2, 0.25) is 0 Å². The van der Waals surface area contributed by atoms with Gasteiger partial charge in [-0.1, -0.05) is 12.2 Å². The third kappa shape index (κ3) is 1.75. The summed E-state index contributed by atoms with van der Waals surface area (Å²) in [5, 5.41) is 9.15. The molecule has 3 nitrogen and oxygen atoms in total. The van der Waals surface area contributed by atoms with Gasteiger partial charge < -0.3 is 9.84 Å². The van der Waals surface area contributed by atoms with E-state index in [2.05, 4.69) is 0 Å². The summed E-state index contributed by atoms with van der Waals surface area (Å²) in [6.07, 6.45) is 4.80. The minimum Gasteiger partial charge on any atom is -0.481 e. The minimum atomic E-state index is -0.740. The van der Waals surface area contributed by atoms with Crippen LogP contribution in [0.25, 0.3) is 0 Å². The van der Waals surface area contributed by atoms with Gasteiger partial charge in [-0.25, -0.2) is 0 Å². The lowest BCUT2D eigenvalue weighted by Gasteiger charge is -2.25. The second kappa shape index (κ2) is 3.92. The second-order valence-electron chi connectivity index (χ2n) is 3.50. The molecule has 0 amide bonds. The highest BCUT2D eigenvalue weighted by molar-refractivity contribution is 5.76. The molecule has 0 bridgehead atoms. The van der Waals surface area contributed by atoms with Crippen LogP contribution >= 0.6 is 0 Å². The predicted octanol–water partition coefficient (Wildman–Crippen LogP) is 1.83. The van der Waals surface area contributed by atoms with Crippen LogP contribution < -0.4 is 0 Å². The Morgan fingerprint density at radius 3 is 2.85 bits per heavy atom. The standard InChI is InChI=1S/C10H16O3/c1-3-4-5-10(9(11)12)6-7-13-8(10)2/h3-4,8H,5-7H2,1-2H3,(H,11,12)/b4-3+. The smallest absolute Gasteiger partial charge is 0.312 e. The summed E-state index contributed by atoms with van der Waals surface area (Å²) in [5.41, 5.74) is -0.688. The molecular formula is C10H16O3. The maximum absolute atomic E-state index is 11.1. The number of aliphatic carboxylic acids is 1. The number of rotatable bonds is 3. The van der Waals surface area contributed by atoms with E-state index in [1.165, 1.54) is 0 Å². The fourth-order valence-corrected chi connectivity index (χ4v) is 1.74. The van der Waals surface area contributed by atoms with E-state index >= 15 is 0 Å². The summed E-state index contributed by atoms with van der Waals surface area (Å²) < 4.78 is 5.31. The Morgan fingerprint density at radius 2 is 2.46 bits per heavy atom. The highest BCUT2D eigenvalue weighted by Gasteiger charge is 2.47. The maximum atomic E-state index is 11.1. The lowest BCUT2D eigenvalue weighted by molar-refractivity contribution is -0.151. The van der Waals surface area contributed by atoms with Crippen molar-refractivity contribution in [3.63, 3.8) is 0 Å². The molecule has 1 saturated heterocycles.